The van der Waals surface area contributed by atoms with Crippen LogP contribution >= 0.6 is 11.3 Å². The van der Waals surface area contributed by atoms with Gasteiger partial charge in [-0.25, -0.2) is 4.98 Å². The molecule has 1 N–H and O–H groups in total. The number of rotatable bonds is 8. The van der Waals surface area contributed by atoms with Crippen molar-refractivity contribution in [3.05, 3.63) is 11.1 Å². The quantitative estimate of drug-likeness (QED) is 0.785. The van der Waals surface area contributed by atoms with Crippen molar-refractivity contribution in [3.63, 3.8) is 0 Å². The van der Waals surface area contributed by atoms with Crippen LogP contribution in [0.3, 0.4) is 0 Å². The van der Waals surface area contributed by atoms with Crippen molar-refractivity contribution in [1.29, 1.82) is 0 Å². The number of aliphatic hydroxyl groups excluding tert-OH is 1. The fraction of sp³-hybridized carbons (Fsp3) is 0.824. The topological polar surface area (TPSA) is 42.8 Å². The van der Waals surface area contributed by atoms with Crippen LogP contribution in [0, 0.1) is 5.92 Å². The fourth-order valence-electron chi connectivity index (χ4n) is 3.04. The summed E-state index contributed by atoms with van der Waals surface area (Å²) < 4.78 is 0. The van der Waals surface area contributed by atoms with Crippen molar-refractivity contribution in [2.75, 3.05) is 51.8 Å². The average molecular weight is 341 g/mol. The van der Waals surface area contributed by atoms with E-state index in [1.807, 2.05) is 20.3 Å². The van der Waals surface area contributed by atoms with Gasteiger partial charge in [-0.2, -0.15) is 0 Å². The van der Waals surface area contributed by atoms with E-state index in [0.29, 0.717) is 6.04 Å². The zero-order valence-corrected chi connectivity index (χ0v) is 15.8. The molecule has 0 aliphatic carbocycles. The van der Waals surface area contributed by atoms with Gasteiger partial charge in [-0.15, -0.1) is 11.3 Å². The van der Waals surface area contributed by atoms with Crippen LogP contribution in [0.5, 0.6) is 0 Å². The largest absolute Gasteiger partial charge is 0.396 e. The molecule has 0 amide bonds. The molecule has 6 heteroatoms. The number of piperazine rings is 1. The Morgan fingerprint density at radius 2 is 2.17 bits per heavy atom. The van der Waals surface area contributed by atoms with Crippen LogP contribution in [0.1, 0.15) is 31.6 Å². The van der Waals surface area contributed by atoms with E-state index in [-0.39, 0.29) is 6.61 Å². The number of thiazole rings is 1. The lowest BCUT2D eigenvalue weighted by Crippen LogP contribution is -2.53. The lowest BCUT2D eigenvalue weighted by molar-refractivity contribution is 0.0528. The first-order valence-electron chi connectivity index (χ1n) is 8.69. The molecule has 1 fully saturated rings. The molecule has 1 aliphatic heterocycles. The smallest absolute Gasteiger partial charge is 0.185 e. The van der Waals surface area contributed by atoms with Crippen molar-refractivity contribution >= 4 is 16.5 Å². The third-order valence-electron chi connectivity index (χ3n) is 4.45. The van der Waals surface area contributed by atoms with E-state index >= 15 is 0 Å². The van der Waals surface area contributed by atoms with Crippen LogP contribution in [0.4, 0.5) is 5.13 Å². The van der Waals surface area contributed by atoms with Crippen molar-refractivity contribution in [2.24, 2.45) is 5.92 Å². The van der Waals surface area contributed by atoms with Crippen LogP contribution in [0.25, 0.3) is 0 Å². The standard InChI is InChI=1S/C17H32N4OS/c1-14(2)5-7-21-9-8-20(12-15(21)6-10-22)13-16-11-18-17(23-16)19(3)4/h11,14-15,22H,5-10,12-13H2,1-4H3. The Morgan fingerprint density at radius 3 is 2.78 bits per heavy atom. The van der Waals surface area contributed by atoms with Gasteiger partial charge >= 0.3 is 0 Å². The Labute approximate surface area is 144 Å². The molecular weight excluding hydrogens is 308 g/mol. The maximum atomic E-state index is 9.40. The number of aromatic nitrogens is 1. The van der Waals surface area contributed by atoms with Gasteiger partial charge in [0.1, 0.15) is 0 Å². The van der Waals surface area contributed by atoms with Gasteiger partial charge in [0, 0.05) is 64.0 Å². The predicted octanol–water partition coefficient (Wildman–Crippen LogP) is 2.12. The minimum Gasteiger partial charge on any atom is -0.396 e. The molecule has 0 aromatic carbocycles. The van der Waals surface area contributed by atoms with Crippen molar-refractivity contribution in [2.45, 2.75) is 39.3 Å². The van der Waals surface area contributed by atoms with E-state index in [2.05, 4.69) is 33.5 Å². The van der Waals surface area contributed by atoms with Crippen LogP contribution in [0.15, 0.2) is 6.20 Å². The van der Waals surface area contributed by atoms with E-state index in [1.54, 1.807) is 11.3 Å². The van der Waals surface area contributed by atoms with E-state index in [0.717, 1.165) is 50.2 Å². The fourth-order valence-corrected chi connectivity index (χ4v) is 3.91. The molecule has 1 aromatic heterocycles. The van der Waals surface area contributed by atoms with Gasteiger partial charge in [0.05, 0.1) is 0 Å². The summed E-state index contributed by atoms with van der Waals surface area (Å²) in [5, 5.41) is 10.5. The molecular formula is C17H32N4OS. The first-order chi connectivity index (χ1) is 11.0. The van der Waals surface area contributed by atoms with E-state index < -0.39 is 0 Å². The van der Waals surface area contributed by atoms with E-state index in [4.69, 9.17) is 0 Å². The maximum absolute atomic E-state index is 9.40. The first-order valence-corrected chi connectivity index (χ1v) is 9.50. The SMILES string of the molecule is CC(C)CCN1CCN(Cc2cnc(N(C)C)s2)CC1CCO. The summed E-state index contributed by atoms with van der Waals surface area (Å²) in [4.78, 5) is 12.9. The summed E-state index contributed by atoms with van der Waals surface area (Å²) in [5.41, 5.74) is 0. The number of anilines is 1. The molecule has 1 aliphatic rings. The van der Waals surface area contributed by atoms with E-state index in [9.17, 15) is 5.11 Å². The number of nitrogens with zero attached hydrogens (tertiary/aromatic N) is 4. The third-order valence-corrected chi connectivity index (χ3v) is 5.60. The molecule has 2 rings (SSSR count). The number of aliphatic hydroxyl groups is 1. The van der Waals surface area contributed by atoms with Crippen molar-refractivity contribution in [1.82, 2.24) is 14.8 Å². The highest BCUT2D eigenvalue weighted by Gasteiger charge is 2.26. The zero-order valence-electron chi connectivity index (χ0n) is 15.0. The van der Waals surface area contributed by atoms with E-state index in [1.165, 1.54) is 11.3 Å². The summed E-state index contributed by atoms with van der Waals surface area (Å²) >= 11 is 1.77. The summed E-state index contributed by atoms with van der Waals surface area (Å²) in [7, 11) is 4.07. The second kappa shape index (κ2) is 8.97. The molecule has 132 valence electrons. The molecule has 1 atom stereocenters. The van der Waals surface area contributed by atoms with Gasteiger partial charge in [0.25, 0.3) is 0 Å². The monoisotopic (exact) mass is 340 g/mol. The Hall–Kier alpha value is -0.690. The molecule has 23 heavy (non-hydrogen) atoms. The van der Waals surface area contributed by atoms with Gasteiger partial charge < -0.3 is 10.0 Å². The zero-order chi connectivity index (χ0) is 16.8. The second-order valence-corrected chi connectivity index (χ2v) is 8.22. The molecule has 1 saturated heterocycles. The Kier molecular flexibility index (Phi) is 7.27. The first kappa shape index (κ1) is 18.6. The second-order valence-electron chi connectivity index (χ2n) is 7.12. The number of hydrogen-bond donors (Lipinski definition) is 1. The molecule has 0 saturated carbocycles. The van der Waals surface area contributed by atoms with Gasteiger partial charge in [-0.3, -0.25) is 9.80 Å². The number of hydrogen-bond acceptors (Lipinski definition) is 6. The maximum Gasteiger partial charge on any atom is 0.185 e. The summed E-state index contributed by atoms with van der Waals surface area (Å²) in [6.07, 6.45) is 4.12. The van der Waals surface area contributed by atoms with Gasteiger partial charge in [-0.05, 0) is 25.3 Å². The molecule has 1 aromatic rings. The normalized spacial score (nSPS) is 20.3. The Balaban J connectivity index is 1.89. The van der Waals surface area contributed by atoms with Crippen molar-refractivity contribution in [3.8, 4) is 0 Å². The van der Waals surface area contributed by atoms with Gasteiger partial charge in [0.15, 0.2) is 5.13 Å². The lowest BCUT2D eigenvalue weighted by Gasteiger charge is -2.41. The molecule has 1 unspecified atom stereocenters. The highest BCUT2D eigenvalue weighted by molar-refractivity contribution is 7.15. The molecule has 5 nitrogen and oxygen atoms in total. The highest BCUT2D eigenvalue weighted by atomic mass is 32.1. The minimum atomic E-state index is 0.280. The molecule has 0 radical (unpaired) electrons. The average Bonchev–Trinajstić information content (AvgIpc) is 2.95. The van der Waals surface area contributed by atoms with Gasteiger partial charge in [0.2, 0.25) is 0 Å². The highest BCUT2D eigenvalue weighted by Crippen LogP contribution is 2.23. The van der Waals surface area contributed by atoms with Crippen LogP contribution in [-0.4, -0.2) is 72.8 Å². The summed E-state index contributed by atoms with van der Waals surface area (Å²) in [5.74, 6) is 0.740. The van der Waals surface area contributed by atoms with Crippen LogP contribution in [-0.2, 0) is 6.54 Å². The molecule has 0 spiro atoms. The molecule has 0 bridgehead atoms. The van der Waals surface area contributed by atoms with Crippen LogP contribution in [0.2, 0.25) is 0 Å². The minimum absolute atomic E-state index is 0.280. The van der Waals surface area contributed by atoms with Crippen LogP contribution < -0.4 is 4.90 Å². The van der Waals surface area contributed by atoms with Crippen molar-refractivity contribution < 1.29 is 5.11 Å². The van der Waals surface area contributed by atoms with Gasteiger partial charge in [-0.1, -0.05) is 13.8 Å². The third kappa shape index (κ3) is 5.71. The summed E-state index contributed by atoms with van der Waals surface area (Å²) in [6, 6.07) is 0.480. The Bertz CT molecular complexity index is 463. The molecule has 2 heterocycles. The lowest BCUT2D eigenvalue weighted by atomic mass is 10.1. The Morgan fingerprint density at radius 1 is 1.39 bits per heavy atom. The predicted molar refractivity (Wildman–Crippen MR) is 98.2 cm³/mol. The summed E-state index contributed by atoms with van der Waals surface area (Å²) in [6.45, 7) is 10.2.